The van der Waals surface area contributed by atoms with E-state index in [2.05, 4.69) is 0 Å². The van der Waals surface area contributed by atoms with Gasteiger partial charge in [-0.1, -0.05) is 6.07 Å². The number of aliphatic hydroxyl groups is 1. The maximum absolute atomic E-state index is 14.0. The highest BCUT2D eigenvalue weighted by Gasteiger charge is 2.39. The number of halogens is 1. The fraction of sp³-hybridized carbons (Fsp3) is 0.625. The zero-order valence-electron chi connectivity index (χ0n) is 12.0. The zero-order valence-corrected chi connectivity index (χ0v) is 12.8. The van der Waals surface area contributed by atoms with E-state index in [0.717, 1.165) is 37.2 Å². The highest BCUT2D eigenvalue weighted by atomic mass is 32.2. The summed E-state index contributed by atoms with van der Waals surface area (Å²) in [4.78, 5) is 0. The molecule has 1 N–H and O–H groups in total. The van der Waals surface area contributed by atoms with Crippen molar-refractivity contribution in [1.29, 1.82) is 0 Å². The van der Waals surface area contributed by atoms with E-state index in [4.69, 9.17) is 14.6 Å². The van der Waals surface area contributed by atoms with Crippen LogP contribution in [0.5, 0.6) is 5.75 Å². The van der Waals surface area contributed by atoms with Gasteiger partial charge < -0.3 is 14.6 Å². The molecule has 1 aromatic rings. The molecule has 2 heterocycles. The van der Waals surface area contributed by atoms with E-state index in [-0.39, 0.29) is 24.1 Å². The molecule has 0 aliphatic carbocycles. The van der Waals surface area contributed by atoms with Crippen LogP contribution in [0.15, 0.2) is 18.2 Å². The van der Waals surface area contributed by atoms with Crippen molar-refractivity contribution in [3.63, 3.8) is 0 Å². The summed E-state index contributed by atoms with van der Waals surface area (Å²) in [6.45, 7) is 0.529. The number of hydrogen-bond acceptors (Lipinski definition) is 4. The minimum absolute atomic E-state index is 0.0105. The largest absolute Gasteiger partial charge is 0.487 e. The predicted octanol–water partition coefficient (Wildman–Crippen LogP) is 3.14. The Morgan fingerprint density at radius 2 is 2.19 bits per heavy atom. The monoisotopic (exact) mass is 312 g/mol. The third-order valence-corrected chi connectivity index (χ3v) is 5.31. The summed E-state index contributed by atoms with van der Waals surface area (Å²) in [5.41, 5.74) is 0.503. The van der Waals surface area contributed by atoms with Gasteiger partial charge in [-0.15, -0.1) is 0 Å². The van der Waals surface area contributed by atoms with Crippen LogP contribution in [0.3, 0.4) is 0 Å². The van der Waals surface area contributed by atoms with Crippen LogP contribution in [0.2, 0.25) is 0 Å². The van der Waals surface area contributed by atoms with Gasteiger partial charge in [-0.05, 0) is 42.0 Å². The first kappa shape index (κ1) is 15.1. The van der Waals surface area contributed by atoms with Crippen LogP contribution in [0, 0.1) is 5.82 Å². The van der Waals surface area contributed by atoms with E-state index in [9.17, 15) is 4.39 Å². The Labute approximate surface area is 128 Å². The molecule has 2 aliphatic rings. The molecule has 3 nitrogen and oxygen atoms in total. The first-order chi connectivity index (χ1) is 10.2. The van der Waals surface area contributed by atoms with Gasteiger partial charge in [0.15, 0.2) is 11.6 Å². The van der Waals surface area contributed by atoms with E-state index < -0.39 is 5.82 Å². The van der Waals surface area contributed by atoms with Crippen molar-refractivity contribution in [2.24, 2.45) is 0 Å². The fourth-order valence-electron chi connectivity index (χ4n) is 3.09. The van der Waals surface area contributed by atoms with Gasteiger partial charge in [0.05, 0.1) is 18.8 Å². The van der Waals surface area contributed by atoms with Crippen LogP contribution in [-0.2, 0) is 11.3 Å². The van der Waals surface area contributed by atoms with E-state index in [1.165, 1.54) is 6.07 Å². The highest BCUT2D eigenvalue weighted by molar-refractivity contribution is 7.99. The van der Waals surface area contributed by atoms with Crippen LogP contribution in [0.25, 0.3) is 0 Å². The fourth-order valence-corrected chi connectivity index (χ4v) is 4.33. The van der Waals surface area contributed by atoms with E-state index >= 15 is 0 Å². The third kappa shape index (κ3) is 3.52. The summed E-state index contributed by atoms with van der Waals surface area (Å²) in [6.07, 6.45) is 3.77. The molecule has 2 aliphatic heterocycles. The maximum Gasteiger partial charge on any atom is 0.165 e. The van der Waals surface area contributed by atoms with Crippen LogP contribution >= 0.6 is 11.8 Å². The molecule has 1 unspecified atom stereocenters. The second-order valence-electron chi connectivity index (χ2n) is 5.80. The number of benzene rings is 1. The van der Waals surface area contributed by atoms with Crippen molar-refractivity contribution < 1.29 is 19.0 Å². The average Bonchev–Trinajstić information content (AvgIpc) is 2.50. The van der Waals surface area contributed by atoms with Crippen molar-refractivity contribution in [3.05, 3.63) is 29.6 Å². The quantitative estimate of drug-likeness (QED) is 0.930. The lowest BCUT2D eigenvalue weighted by molar-refractivity contribution is -0.116. The standard InChI is InChI=1S/C16H21FO3S/c17-14-9-12(11-18)1-2-15(14)20-13-3-6-19-16(10-13)4-7-21-8-5-16/h1-2,9,13,18H,3-8,10-11H2. The minimum atomic E-state index is -0.402. The molecular formula is C16H21FO3S. The molecule has 1 spiro atoms. The Hall–Kier alpha value is -0.780. The lowest BCUT2D eigenvalue weighted by atomic mass is 9.86. The lowest BCUT2D eigenvalue weighted by Gasteiger charge is -2.43. The Morgan fingerprint density at radius 1 is 1.38 bits per heavy atom. The summed E-state index contributed by atoms with van der Waals surface area (Å²) in [5, 5.41) is 9.01. The van der Waals surface area contributed by atoms with Gasteiger partial charge in [-0.2, -0.15) is 11.8 Å². The molecule has 116 valence electrons. The van der Waals surface area contributed by atoms with Gasteiger partial charge in [0.1, 0.15) is 6.10 Å². The SMILES string of the molecule is OCc1ccc(OC2CCOC3(CCSCC3)C2)c(F)c1. The van der Waals surface area contributed by atoms with Gasteiger partial charge >= 0.3 is 0 Å². The predicted molar refractivity (Wildman–Crippen MR) is 81.2 cm³/mol. The number of rotatable bonds is 3. The van der Waals surface area contributed by atoms with Crippen molar-refractivity contribution in [3.8, 4) is 5.75 Å². The summed E-state index contributed by atoms with van der Waals surface area (Å²) in [7, 11) is 0. The molecule has 3 rings (SSSR count). The van der Waals surface area contributed by atoms with E-state index in [0.29, 0.717) is 12.2 Å². The molecule has 0 radical (unpaired) electrons. The third-order valence-electron chi connectivity index (χ3n) is 4.32. The van der Waals surface area contributed by atoms with Crippen molar-refractivity contribution >= 4 is 11.8 Å². The first-order valence-electron chi connectivity index (χ1n) is 7.48. The zero-order chi connectivity index (χ0) is 14.7. The molecule has 2 fully saturated rings. The molecule has 2 saturated heterocycles. The lowest BCUT2D eigenvalue weighted by Crippen LogP contribution is -2.46. The van der Waals surface area contributed by atoms with Gasteiger partial charge in [0.25, 0.3) is 0 Å². The Balaban J connectivity index is 1.67. The van der Waals surface area contributed by atoms with E-state index in [1.54, 1.807) is 12.1 Å². The number of ether oxygens (including phenoxy) is 2. The second-order valence-corrected chi connectivity index (χ2v) is 7.02. The summed E-state index contributed by atoms with van der Waals surface area (Å²) in [6, 6.07) is 4.65. The van der Waals surface area contributed by atoms with Gasteiger partial charge in [0.2, 0.25) is 0 Å². The molecule has 0 saturated carbocycles. The first-order valence-corrected chi connectivity index (χ1v) is 8.64. The van der Waals surface area contributed by atoms with Gasteiger partial charge in [0, 0.05) is 12.8 Å². The molecular weight excluding hydrogens is 291 g/mol. The van der Waals surface area contributed by atoms with Crippen LogP contribution in [0.1, 0.15) is 31.2 Å². The highest BCUT2D eigenvalue weighted by Crippen LogP contribution is 2.38. The summed E-state index contributed by atoms with van der Waals surface area (Å²) in [5.74, 6) is 2.14. The minimum Gasteiger partial charge on any atom is -0.487 e. The van der Waals surface area contributed by atoms with Crippen molar-refractivity contribution in [1.82, 2.24) is 0 Å². The molecule has 1 aromatic carbocycles. The second kappa shape index (κ2) is 6.55. The van der Waals surface area contributed by atoms with Gasteiger partial charge in [-0.25, -0.2) is 4.39 Å². The number of thioether (sulfide) groups is 1. The topological polar surface area (TPSA) is 38.7 Å². The number of aliphatic hydroxyl groups excluding tert-OH is 1. The van der Waals surface area contributed by atoms with Crippen LogP contribution in [-0.4, -0.2) is 34.9 Å². The van der Waals surface area contributed by atoms with Gasteiger partial charge in [-0.3, -0.25) is 0 Å². The normalized spacial score (nSPS) is 25.0. The molecule has 5 heteroatoms. The summed E-state index contributed by atoms with van der Waals surface area (Å²) >= 11 is 1.97. The Bertz CT molecular complexity index is 483. The smallest absolute Gasteiger partial charge is 0.165 e. The van der Waals surface area contributed by atoms with E-state index in [1.807, 2.05) is 11.8 Å². The molecule has 0 aromatic heterocycles. The number of hydrogen-bond donors (Lipinski definition) is 1. The Morgan fingerprint density at radius 3 is 2.90 bits per heavy atom. The molecule has 21 heavy (non-hydrogen) atoms. The van der Waals surface area contributed by atoms with Crippen LogP contribution in [0.4, 0.5) is 4.39 Å². The van der Waals surface area contributed by atoms with Crippen molar-refractivity contribution in [2.45, 2.75) is 44.0 Å². The van der Waals surface area contributed by atoms with Crippen LogP contribution < -0.4 is 4.74 Å². The molecule has 1 atom stereocenters. The molecule has 0 bridgehead atoms. The molecule has 0 amide bonds. The summed E-state index contributed by atoms with van der Waals surface area (Å²) < 4.78 is 25.8. The Kier molecular flexibility index (Phi) is 4.72. The maximum atomic E-state index is 14.0. The average molecular weight is 312 g/mol. The van der Waals surface area contributed by atoms with Crippen molar-refractivity contribution in [2.75, 3.05) is 18.1 Å².